The lowest BCUT2D eigenvalue weighted by atomic mass is 9.83. The number of ether oxygens (including phenoxy) is 1. The van der Waals surface area contributed by atoms with Gasteiger partial charge in [0.2, 0.25) is 0 Å². The van der Waals surface area contributed by atoms with E-state index in [4.69, 9.17) is 4.74 Å². The van der Waals surface area contributed by atoms with Gasteiger partial charge in [0, 0.05) is 29.4 Å². The van der Waals surface area contributed by atoms with Gasteiger partial charge in [-0.1, -0.05) is 54.6 Å². The Hall–Kier alpha value is -2.96. The fraction of sp³-hybridized carbons (Fsp3) is 0.280. The van der Waals surface area contributed by atoms with Gasteiger partial charge in [0.1, 0.15) is 0 Å². The molecular formula is C25H24N2O3S. The molecule has 0 bridgehead atoms. The average Bonchev–Trinajstić information content (AvgIpc) is 3.43. The Morgan fingerprint density at radius 2 is 1.77 bits per heavy atom. The molecule has 5 nitrogen and oxygen atoms in total. The van der Waals surface area contributed by atoms with Crippen LogP contribution in [0.15, 0.2) is 78.2 Å². The van der Waals surface area contributed by atoms with Crippen molar-refractivity contribution in [1.82, 2.24) is 9.80 Å². The molecule has 6 heteroatoms. The first kappa shape index (κ1) is 20.0. The highest BCUT2D eigenvalue weighted by Crippen LogP contribution is 2.43. The molecule has 5 rings (SSSR count). The van der Waals surface area contributed by atoms with Gasteiger partial charge in [0.25, 0.3) is 11.8 Å². The van der Waals surface area contributed by atoms with Gasteiger partial charge < -0.3 is 14.5 Å². The summed E-state index contributed by atoms with van der Waals surface area (Å²) < 4.78 is 6.29. The van der Waals surface area contributed by atoms with Crippen LogP contribution in [0.4, 0.5) is 0 Å². The third kappa shape index (κ3) is 3.66. The van der Waals surface area contributed by atoms with Crippen molar-refractivity contribution in [2.75, 3.05) is 26.2 Å². The number of amides is 2. The molecule has 2 fully saturated rings. The number of carbonyl (C=O) groups is 2. The molecule has 1 aromatic heterocycles. The molecule has 0 aliphatic carbocycles. The van der Waals surface area contributed by atoms with Gasteiger partial charge in [-0.25, -0.2) is 0 Å². The quantitative estimate of drug-likeness (QED) is 0.630. The van der Waals surface area contributed by atoms with Crippen LogP contribution in [0, 0.1) is 0 Å². The molecule has 31 heavy (non-hydrogen) atoms. The van der Waals surface area contributed by atoms with Crippen LogP contribution in [0.3, 0.4) is 0 Å². The second kappa shape index (κ2) is 8.29. The SMILES string of the molecule is O=C(c1ccccc1)N1CCO[C@]2(C1)C(=O)N(Cc1cccs1)C[C@H]2c1ccccc1. The predicted octanol–water partition coefficient (Wildman–Crippen LogP) is 3.79. The Balaban J connectivity index is 1.48. The van der Waals surface area contributed by atoms with Crippen molar-refractivity contribution in [2.45, 2.75) is 18.1 Å². The maximum absolute atomic E-state index is 13.8. The third-order valence-corrected chi connectivity index (χ3v) is 7.06. The van der Waals surface area contributed by atoms with Crippen molar-refractivity contribution in [3.05, 3.63) is 94.2 Å². The first-order valence-corrected chi connectivity index (χ1v) is 11.4. The molecule has 2 aliphatic rings. The fourth-order valence-corrected chi connectivity index (χ4v) is 5.40. The second-order valence-corrected chi connectivity index (χ2v) is 9.09. The molecule has 2 amide bonds. The Morgan fingerprint density at radius 1 is 1.03 bits per heavy atom. The highest BCUT2D eigenvalue weighted by atomic mass is 32.1. The van der Waals surface area contributed by atoms with E-state index in [1.54, 1.807) is 16.2 Å². The van der Waals surface area contributed by atoms with E-state index in [0.717, 1.165) is 10.4 Å². The average molecular weight is 433 g/mol. The summed E-state index contributed by atoms with van der Waals surface area (Å²) in [5, 5.41) is 2.03. The minimum Gasteiger partial charge on any atom is -0.361 e. The number of benzene rings is 2. The van der Waals surface area contributed by atoms with Gasteiger partial charge in [0.05, 0.1) is 19.7 Å². The van der Waals surface area contributed by atoms with Crippen LogP contribution >= 0.6 is 11.3 Å². The number of thiophene rings is 1. The van der Waals surface area contributed by atoms with Gasteiger partial charge >= 0.3 is 0 Å². The Kier molecular flexibility index (Phi) is 5.34. The molecule has 0 N–H and O–H groups in total. The van der Waals surface area contributed by atoms with Gasteiger partial charge in [-0.15, -0.1) is 11.3 Å². The standard InChI is InChI=1S/C25H24N2O3S/c28-23(20-10-5-2-6-11-20)26-13-14-30-25(18-26)22(19-8-3-1-4-9-19)17-27(24(25)29)16-21-12-7-15-31-21/h1-12,15,22H,13-14,16-18H2/t22-,25-/m0/s1. The van der Waals surface area contributed by atoms with E-state index in [-0.39, 0.29) is 24.3 Å². The highest BCUT2D eigenvalue weighted by molar-refractivity contribution is 7.09. The van der Waals surface area contributed by atoms with Crippen molar-refractivity contribution < 1.29 is 14.3 Å². The molecule has 0 unspecified atom stereocenters. The summed E-state index contributed by atoms with van der Waals surface area (Å²) in [7, 11) is 0. The zero-order chi connectivity index (χ0) is 21.3. The minimum atomic E-state index is -1.05. The van der Waals surface area contributed by atoms with Crippen molar-refractivity contribution in [2.24, 2.45) is 0 Å². The van der Waals surface area contributed by atoms with Crippen molar-refractivity contribution in [3.63, 3.8) is 0 Å². The van der Waals surface area contributed by atoms with E-state index < -0.39 is 5.60 Å². The van der Waals surface area contributed by atoms with Gasteiger partial charge in [-0.2, -0.15) is 0 Å². The predicted molar refractivity (Wildman–Crippen MR) is 120 cm³/mol. The number of nitrogens with zero attached hydrogens (tertiary/aromatic N) is 2. The maximum Gasteiger partial charge on any atom is 0.257 e. The summed E-state index contributed by atoms with van der Waals surface area (Å²) in [5.41, 5.74) is 0.650. The molecule has 2 atom stereocenters. The summed E-state index contributed by atoms with van der Waals surface area (Å²) in [6.07, 6.45) is 0. The number of morpholine rings is 1. The molecule has 158 valence electrons. The van der Waals surface area contributed by atoms with Crippen LogP contribution in [0.5, 0.6) is 0 Å². The van der Waals surface area contributed by atoms with Crippen LogP contribution in [-0.4, -0.2) is 53.5 Å². The number of rotatable bonds is 4. The largest absolute Gasteiger partial charge is 0.361 e. The van der Waals surface area contributed by atoms with Gasteiger partial charge in [-0.05, 0) is 29.1 Å². The molecule has 0 radical (unpaired) electrons. The summed E-state index contributed by atoms with van der Waals surface area (Å²) in [4.78, 5) is 31.8. The topological polar surface area (TPSA) is 49.9 Å². The first-order chi connectivity index (χ1) is 15.2. The fourth-order valence-electron chi connectivity index (χ4n) is 4.68. The number of hydrogen-bond donors (Lipinski definition) is 0. The molecule has 3 aromatic rings. The van der Waals surface area contributed by atoms with Crippen LogP contribution in [0.25, 0.3) is 0 Å². The van der Waals surface area contributed by atoms with Gasteiger partial charge in [-0.3, -0.25) is 9.59 Å². The highest BCUT2D eigenvalue weighted by Gasteiger charge is 2.58. The Morgan fingerprint density at radius 3 is 2.48 bits per heavy atom. The number of likely N-dealkylation sites (tertiary alicyclic amines) is 1. The van der Waals surface area contributed by atoms with E-state index in [1.807, 2.05) is 70.9 Å². The van der Waals surface area contributed by atoms with Crippen molar-refractivity contribution in [1.29, 1.82) is 0 Å². The van der Waals surface area contributed by atoms with Gasteiger partial charge in [0.15, 0.2) is 5.60 Å². The zero-order valence-corrected chi connectivity index (χ0v) is 18.0. The molecule has 1 spiro atoms. The second-order valence-electron chi connectivity index (χ2n) is 8.06. The molecule has 2 aromatic carbocycles. The zero-order valence-electron chi connectivity index (χ0n) is 17.1. The minimum absolute atomic E-state index is 0.0275. The third-order valence-electron chi connectivity index (χ3n) is 6.20. The van der Waals surface area contributed by atoms with E-state index in [9.17, 15) is 9.59 Å². The number of carbonyl (C=O) groups excluding carboxylic acids is 2. The molecule has 0 saturated carbocycles. The van der Waals surface area contributed by atoms with Crippen LogP contribution in [0.1, 0.15) is 26.7 Å². The van der Waals surface area contributed by atoms with Crippen LogP contribution < -0.4 is 0 Å². The molecule has 3 heterocycles. The molecule has 2 aliphatic heterocycles. The summed E-state index contributed by atoms with van der Waals surface area (Å²) in [5.74, 6) is -0.215. The Bertz CT molecular complexity index is 1050. The summed E-state index contributed by atoms with van der Waals surface area (Å²) in [6, 6.07) is 23.4. The lowest BCUT2D eigenvalue weighted by Crippen LogP contribution is -2.59. The van der Waals surface area contributed by atoms with E-state index in [2.05, 4.69) is 12.1 Å². The molecule has 2 saturated heterocycles. The lowest BCUT2D eigenvalue weighted by molar-refractivity contribution is -0.160. The normalized spacial score (nSPS) is 23.5. The monoisotopic (exact) mass is 432 g/mol. The summed E-state index contributed by atoms with van der Waals surface area (Å²) >= 11 is 1.65. The van der Waals surface area contributed by atoms with Crippen LogP contribution in [-0.2, 0) is 16.1 Å². The van der Waals surface area contributed by atoms with E-state index in [0.29, 0.717) is 31.8 Å². The van der Waals surface area contributed by atoms with E-state index in [1.165, 1.54) is 0 Å². The van der Waals surface area contributed by atoms with Crippen molar-refractivity contribution >= 4 is 23.2 Å². The first-order valence-electron chi connectivity index (χ1n) is 10.5. The number of hydrogen-bond acceptors (Lipinski definition) is 4. The molecular weight excluding hydrogens is 408 g/mol. The van der Waals surface area contributed by atoms with Crippen LogP contribution in [0.2, 0.25) is 0 Å². The lowest BCUT2D eigenvalue weighted by Gasteiger charge is -2.42. The van der Waals surface area contributed by atoms with Crippen molar-refractivity contribution in [3.8, 4) is 0 Å². The summed E-state index contributed by atoms with van der Waals surface area (Å²) in [6.45, 7) is 2.24. The maximum atomic E-state index is 13.8. The smallest absolute Gasteiger partial charge is 0.257 e. The van der Waals surface area contributed by atoms with E-state index >= 15 is 0 Å². The Labute approximate surface area is 185 Å².